The van der Waals surface area contributed by atoms with E-state index in [1.165, 1.54) is 18.1 Å². The van der Waals surface area contributed by atoms with Crippen LogP contribution in [0.25, 0.3) is 0 Å². The van der Waals surface area contributed by atoms with Gasteiger partial charge in [-0.25, -0.2) is 9.97 Å². The van der Waals surface area contributed by atoms with Gasteiger partial charge in [0.1, 0.15) is 11.4 Å². The van der Waals surface area contributed by atoms with Crippen LogP contribution >= 0.6 is 0 Å². The van der Waals surface area contributed by atoms with Crippen LogP contribution in [0.1, 0.15) is 51.7 Å². The second-order valence-electron chi connectivity index (χ2n) is 6.34. The number of carbonyl (C=O) groups excluding carboxylic acids is 1. The molecule has 0 fully saturated rings. The van der Waals surface area contributed by atoms with E-state index in [9.17, 15) is 9.59 Å². The molecule has 2 heterocycles. The summed E-state index contributed by atoms with van der Waals surface area (Å²) in [5.41, 5.74) is 4.02. The van der Waals surface area contributed by atoms with Crippen LogP contribution in [0, 0.1) is 13.8 Å². The minimum atomic E-state index is -0.394. The number of nitrogens with zero attached hydrogens (tertiary/aromatic N) is 3. The van der Waals surface area contributed by atoms with Crippen molar-refractivity contribution in [3.05, 3.63) is 56.5 Å². The molecular weight excluding hydrogens is 304 g/mol. The van der Waals surface area contributed by atoms with Crippen molar-refractivity contribution in [2.45, 2.75) is 46.1 Å². The molecule has 0 bridgehead atoms. The van der Waals surface area contributed by atoms with E-state index in [4.69, 9.17) is 0 Å². The average molecular weight is 326 g/mol. The van der Waals surface area contributed by atoms with Crippen LogP contribution in [0.5, 0.6) is 0 Å². The Hall–Kier alpha value is -2.50. The maximum absolute atomic E-state index is 12.3. The van der Waals surface area contributed by atoms with Crippen LogP contribution in [0.3, 0.4) is 0 Å². The first-order valence-electron chi connectivity index (χ1n) is 8.26. The summed E-state index contributed by atoms with van der Waals surface area (Å²) >= 11 is 0. The molecule has 0 radical (unpaired) electrons. The van der Waals surface area contributed by atoms with Crippen molar-refractivity contribution in [1.29, 1.82) is 0 Å². The maximum atomic E-state index is 12.3. The van der Waals surface area contributed by atoms with Crippen LogP contribution in [0.2, 0.25) is 0 Å². The van der Waals surface area contributed by atoms with Crippen molar-refractivity contribution in [2.24, 2.45) is 7.05 Å². The van der Waals surface area contributed by atoms with Gasteiger partial charge in [-0.1, -0.05) is 0 Å². The van der Waals surface area contributed by atoms with Gasteiger partial charge >= 0.3 is 0 Å². The number of amides is 1. The number of carbonyl (C=O) groups is 1. The van der Waals surface area contributed by atoms with Crippen LogP contribution < -0.4 is 10.7 Å². The second kappa shape index (κ2) is 6.55. The molecular formula is C18H22N4O2. The summed E-state index contributed by atoms with van der Waals surface area (Å²) in [7, 11) is 1.81. The third kappa shape index (κ3) is 3.22. The molecule has 0 saturated carbocycles. The molecule has 0 spiro atoms. The van der Waals surface area contributed by atoms with Crippen molar-refractivity contribution in [3.63, 3.8) is 0 Å². The van der Waals surface area contributed by atoms with Crippen LogP contribution in [-0.4, -0.2) is 20.4 Å². The third-order valence-corrected chi connectivity index (χ3v) is 4.57. The summed E-state index contributed by atoms with van der Waals surface area (Å²) in [6.07, 6.45) is 5.90. The van der Waals surface area contributed by atoms with Crippen molar-refractivity contribution < 1.29 is 4.79 Å². The zero-order chi connectivity index (χ0) is 17.3. The molecule has 1 amide bonds. The molecule has 1 aliphatic rings. The summed E-state index contributed by atoms with van der Waals surface area (Å²) in [4.78, 5) is 33.4. The Labute approximate surface area is 141 Å². The normalized spacial score (nSPS) is 13.5. The van der Waals surface area contributed by atoms with Gasteiger partial charge in [0, 0.05) is 36.4 Å². The lowest BCUT2D eigenvalue weighted by atomic mass is 9.95. The third-order valence-electron chi connectivity index (χ3n) is 4.57. The molecule has 3 rings (SSSR count). The Balaban J connectivity index is 1.76. The fraction of sp³-hybridized carbons (Fsp3) is 0.444. The Morgan fingerprint density at radius 1 is 1.25 bits per heavy atom. The molecule has 0 aromatic carbocycles. The maximum Gasteiger partial charge on any atom is 0.257 e. The molecule has 6 nitrogen and oxygen atoms in total. The van der Waals surface area contributed by atoms with Gasteiger partial charge in [-0.05, 0) is 45.1 Å². The molecule has 126 valence electrons. The number of nitrogens with one attached hydrogen (secondary N) is 1. The van der Waals surface area contributed by atoms with Crippen LogP contribution in [0.4, 0.5) is 0 Å². The van der Waals surface area contributed by atoms with Gasteiger partial charge < -0.3 is 9.88 Å². The van der Waals surface area contributed by atoms with Gasteiger partial charge in [-0.15, -0.1) is 0 Å². The predicted octanol–water partition coefficient (Wildman–Crippen LogP) is 1.60. The van der Waals surface area contributed by atoms with E-state index in [2.05, 4.69) is 15.3 Å². The van der Waals surface area contributed by atoms with Crippen molar-refractivity contribution >= 4 is 5.91 Å². The highest BCUT2D eigenvalue weighted by molar-refractivity contribution is 5.93. The van der Waals surface area contributed by atoms with Crippen LogP contribution in [0.15, 0.2) is 17.1 Å². The Morgan fingerprint density at radius 2 is 2.00 bits per heavy atom. The number of hydrogen-bond acceptors (Lipinski definition) is 4. The lowest BCUT2D eigenvalue weighted by Gasteiger charge is -2.17. The largest absolute Gasteiger partial charge is 0.354 e. The smallest absolute Gasteiger partial charge is 0.257 e. The molecule has 2 aromatic heterocycles. The highest BCUT2D eigenvalue weighted by Gasteiger charge is 2.16. The number of aryl methyl sites for hydroxylation is 4. The topological polar surface area (TPSA) is 76.9 Å². The van der Waals surface area contributed by atoms with E-state index in [0.29, 0.717) is 5.82 Å². The number of rotatable bonds is 3. The molecule has 0 aliphatic heterocycles. The monoisotopic (exact) mass is 326 g/mol. The lowest BCUT2D eigenvalue weighted by molar-refractivity contribution is 0.0948. The van der Waals surface area contributed by atoms with Gasteiger partial charge in [-0.3, -0.25) is 9.59 Å². The zero-order valence-electron chi connectivity index (χ0n) is 14.3. The molecule has 2 aromatic rings. The predicted molar refractivity (Wildman–Crippen MR) is 91.0 cm³/mol. The SMILES string of the molecule is Cc1nc(CNC(=O)c2cn(C)c(C)cc2=O)nc2c1CCCC2. The zero-order valence-corrected chi connectivity index (χ0v) is 14.3. The van der Waals surface area contributed by atoms with E-state index >= 15 is 0 Å². The van der Waals surface area contributed by atoms with Crippen molar-refractivity contribution in [2.75, 3.05) is 0 Å². The molecule has 24 heavy (non-hydrogen) atoms. The standard InChI is InChI=1S/C18H22N4O2/c1-11-8-16(23)14(10-22(11)3)18(24)19-9-17-20-12(2)13-6-4-5-7-15(13)21-17/h8,10H,4-7,9H2,1-3H3,(H,19,24). The van der Waals surface area contributed by atoms with Gasteiger partial charge in [0.2, 0.25) is 0 Å². The molecule has 6 heteroatoms. The summed E-state index contributed by atoms with van der Waals surface area (Å²) in [5.74, 6) is 0.208. The Kier molecular flexibility index (Phi) is 4.46. The summed E-state index contributed by atoms with van der Waals surface area (Å²) in [6, 6.07) is 1.47. The first kappa shape index (κ1) is 16.4. The summed E-state index contributed by atoms with van der Waals surface area (Å²) < 4.78 is 1.76. The van der Waals surface area contributed by atoms with Gasteiger partial charge in [0.05, 0.1) is 6.54 Å². The molecule has 1 aliphatic carbocycles. The number of hydrogen-bond donors (Lipinski definition) is 1. The van der Waals surface area contributed by atoms with Gasteiger partial charge in [0.15, 0.2) is 5.43 Å². The first-order valence-corrected chi connectivity index (χ1v) is 8.26. The average Bonchev–Trinajstić information content (AvgIpc) is 2.56. The minimum Gasteiger partial charge on any atom is -0.354 e. The molecule has 0 unspecified atom stereocenters. The van der Waals surface area contributed by atoms with Crippen molar-refractivity contribution in [3.8, 4) is 0 Å². The highest BCUT2D eigenvalue weighted by Crippen LogP contribution is 2.21. The van der Waals surface area contributed by atoms with Crippen LogP contribution in [-0.2, 0) is 26.4 Å². The highest BCUT2D eigenvalue weighted by atomic mass is 16.2. The van der Waals surface area contributed by atoms with E-state index in [1.807, 2.05) is 20.9 Å². The fourth-order valence-corrected chi connectivity index (χ4v) is 3.08. The Morgan fingerprint density at radius 3 is 2.79 bits per heavy atom. The summed E-state index contributed by atoms with van der Waals surface area (Å²) in [5, 5.41) is 2.76. The molecule has 0 saturated heterocycles. The lowest BCUT2D eigenvalue weighted by Crippen LogP contribution is -2.30. The molecule has 1 N–H and O–H groups in total. The second-order valence-corrected chi connectivity index (χ2v) is 6.34. The quantitative estimate of drug-likeness (QED) is 0.929. The first-order chi connectivity index (χ1) is 11.5. The molecule has 0 atom stereocenters. The number of pyridine rings is 1. The van der Waals surface area contributed by atoms with Gasteiger partial charge in [0.25, 0.3) is 5.91 Å². The van der Waals surface area contributed by atoms with E-state index in [1.54, 1.807) is 10.8 Å². The summed E-state index contributed by atoms with van der Waals surface area (Å²) in [6.45, 7) is 4.05. The van der Waals surface area contributed by atoms with E-state index in [-0.39, 0.29) is 17.5 Å². The minimum absolute atomic E-state index is 0.137. The number of fused-ring (bicyclic) bond motifs is 1. The fourth-order valence-electron chi connectivity index (χ4n) is 3.08. The van der Waals surface area contributed by atoms with Crippen molar-refractivity contribution in [1.82, 2.24) is 19.9 Å². The van der Waals surface area contributed by atoms with E-state index in [0.717, 1.165) is 36.3 Å². The van der Waals surface area contributed by atoms with Gasteiger partial charge in [-0.2, -0.15) is 0 Å². The Bertz CT molecular complexity index is 855. The van der Waals surface area contributed by atoms with E-state index < -0.39 is 5.91 Å². The number of aromatic nitrogens is 3.